The van der Waals surface area contributed by atoms with Crippen molar-refractivity contribution in [2.24, 2.45) is 7.05 Å². The van der Waals surface area contributed by atoms with Crippen molar-refractivity contribution in [3.63, 3.8) is 0 Å². The molecule has 80 valence electrons. The van der Waals surface area contributed by atoms with E-state index in [0.29, 0.717) is 5.69 Å². The van der Waals surface area contributed by atoms with Gasteiger partial charge in [0.1, 0.15) is 0 Å². The van der Waals surface area contributed by atoms with Gasteiger partial charge in [-0.15, -0.1) is 0 Å². The first-order valence-corrected chi connectivity index (χ1v) is 4.08. The second kappa shape index (κ2) is 3.11. The number of aromatic amines is 1. The quantitative estimate of drug-likeness (QED) is 0.790. The minimum atomic E-state index is -4.46. The topological polar surface area (TPSA) is 46.5 Å². The maximum atomic E-state index is 12.5. The van der Waals surface area contributed by atoms with Gasteiger partial charge in [0.15, 0.2) is 5.69 Å². The van der Waals surface area contributed by atoms with E-state index in [1.54, 1.807) is 0 Å². The number of imidazole rings is 1. The minimum absolute atomic E-state index is 0.00231. The third-order valence-corrected chi connectivity index (χ3v) is 1.89. The largest absolute Gasteiger partial charge is 0.435 e. The molecule has 4 nitrogen and oxygen atoms in total. The summed E-state index contributed by atoms with van der Waals surface area (Å²) in [5.74, 6) is 0. The smallest absolute Gasteiger partial charge is 0.345 e. The fraction of sp³-hybridized carbons (Fsp3) is 0.250. The summed E-state index contributed by atoms with van der Waals surface area (Å²) in [4.78, 5) is 6.29. The van der Waals surface area contributed by atoms with Crippen LogP contribution in [0.3, 0.4) is 0 Å². The van der Waals surface area contributed by atoms with E-state index >= 15 is 0 Å². The van der Waals surface area contributed by atoms with Crippen LogP contribution in [0.4, 0.5) is 13.2 Å². The van der Waals surface area contributed by atoms with Gasteiger partial charge in [0.2, 0.25) is 0 Å². The summed E-state index contributed by atoms with van der Waals surface area (Å²) in [5, 5.41) is 3.38. The zero-order chi connectivity index (χ0) is 11.1. The van der Waals surface area contributed by atoms with Crippen LogP contribution in [-0.2, 0) is 13.2 Å². The number of aryl methyl sites for hydroxylation is 1. The van der Waals surface area contributed by atoms with Crippen molar-refractivity contribution >= 4 is 0 Å². The van der Waals surface area contributed by atoms with E-state index in [0.717, 1.165) is 4.68 Å². The summed E-state index contributed by atoms with van der Waals surface area (Å²) in [5.41, 5.74) is -0.604. The first-order valence-electron chi connectivity index (χ1n) is 4.08. The second-order valence-electron chi connectivity index (χ2n) is 3.03. The van der Waals surface area contributed by atoms with E-state index in [9.17, 15) is 13.2 Å². The number of rotatable bonds is 1. The highest BCUT2D eigenvalue weighted by Crippen LogP contribution is 2.34. The molecular formula is C8H7F3N4. The van der Waals surface area contributed by atoms with Crippen LogP contribution in [0, 0.1) is 0 Å². The predicted octanol–water partition coefficient (Wildman–Crippen LogP) is 1.83. The maximum absolute atomic E-state index is 12.5. The lowest BCUT2D eigenvalue weighted by molar-refractivity contribution is -0.141. The molecule has 7 heteroatoms. The summed E-state index contributed by atoms with van der Waals surface area (Å²) >= 11 is 0. The Hall–Kier alpha value is -1.79. The molecule has 2 aromatic heterocycles. The Bertz CT molecular complexity index is 455. The van der Waals surface area contributed by atoms with Gasteiger partial charge in [-0.25, -0.2) is 4.98 Å². The molecule has 0 atom stereocenters. The third kappa shape index (κ3) is 1.72. The molecule has 0 radical (unpaired) electrons. The van der Waals surface area contributed by atoms with Crippen molar-refractivity contribution < 1.29 is 13.2 Å². The van der Waals surface area contributed by atoms with Gasteiger partial charge in [0.25, 0.3) is 0 Å². The zero-order valence-corrected chi connectivity index (χ0v) is 7.71. The highest BCUT2D eigenvalue weighted by molar-refractivity contribution is 5.60. The molecule has 2 aromatic rings. The zero-order valence-electron chi connectivity index (χ0n) is 7.71. The van der Waals surface area contributed by atoms with Gasteiger partial charge >= 0.3 is 6.18 Å². The lowest BCUT2D eigenvalue weighted by atomic mass is 10.2. The van der Waals surface area contributed by atoms with Crippen LogP contribution in [-0.4, -0.2) is 19.7 Å². The number of halogens is 3. The summed E-state index contributed by atoms with van der Waals surface area (Å²) in [6.07, 6.45) is -0.507. The molecule has 0 aliphatic carbocycles. The molecule has 0 spiro atoms. The fourth-order valence-electron chi connectivity index (χ4n) is 1.30. The Morgan fingerprint density at radius 2 is 2.13 bits per heavy atom. The first-order chi connectivity index (χ1) is 6.98. The first kappa shape index (κ1) is 9.75. The van der Waals surface area contributed by atoms with E-state index in [4.69, 9.17) is 0 Å². The second-order valence-corrected chi connectivity index (χ2v) is 3.03. The Balaban J connectivity index is 2.57. The number of alkyl halides is 3. The van der Waals surface area contributed by atoms with Crippen LogP contribution < -0.4 is 0 Å². The van der Waals surface area contributed by atoms with Crippen LogP contribution in [0.5, 0.6) is 0 Å². The van der Waals surface area contributed by atoms with E-state index in [1.807, 2.05) is 0 Å². The highest BCUT2D eigenvalue weighted by atomic mass is 19.4. The van der Waals surface area contributed by atoms with Crippen molar-refractivity contribution in [3.8, 4) is 11.3 Å². The van der Waals surface area contributed by atoms with Crippen molar-refractivity contribution in [3.05, 3.63) is 24.4 Å². The molecule has 0 unspecified atom stereocenters. The average molecular weight is 216 g/mol. The van der Waals surface area contributed by atoms with Gasteiger partial charge in [-0.1, -0.05) is 0 Å². The van der Waals surface area contributed by atoms with Crippen LogP contribution >= 0.6 is 0 Å². The Labute approximate surface area is 82.8 Å². The van der Waals surface area contributed by atoms with Gasteiger partial charge < -0.3 is 4.98 Å². The Morgan fingerprint density at radius 3 is 2.67 bits per heavy atom. The molecule has 0 saturated heterocycles. The summed E-state index contributed by atoms with van der Waals surface area (Å²) in [6.45, 7) is 0. The van der Waals surface area contributed by atoms with Crippen LogP contribution in [0.1, 0.15) is 5.69 Å². The molecular weight excluding hydrogens is 209 g/mol. The lowest BCUT2D eigenvalue weighted by Gasteiger charge is -2.03. The highest BCUT2D eigenvalue weighted by Gasteiger charge is 2.37. The predicted molar refractivity (Wildman–Crippen MR) is 45.8 cm³/mol. The van der Waals surface area contributed by atoms with Crippen molar-refractivity contribution in [1.82, 2.24) is 19.7 Å². The molecule has 15 heavy (non-hydrogen) atoms. The third-order valence-electron chi connectivity index (χ3n) is 1.89. The molecule has 2 heterocycles. The van der Waals surface area contributed by atoms with Crippen LogP contribution in [0.25, 0.3) is 11.3 Å². The number of hydrogen-bond donors (Lipinski definition) is 1. The summed E-state index contributed by atoms with van der Waals surface area (Å²) in [6, 6.07) is 0. The normalized spacial score (nSPS) is 12.0. The molecule has 0 fully saturated rings. The van der Waals surface area contributed by atoms with Crippen molar-refractivity contribution in [2.45, 2.75) is 6.18 Å². The molecule has 0 aromatic carbocycles. The number of hydrogen-bond acceptors (Lipinski definition) is 2. The molecule has 0 saturated carbocycles. The molecule has 0 aliphatic heterocycles. The number of nitrogens with zero attached hydrogens (tertiary/aromatic N) is 3. The minimum Gasteiger partial charge on any atom is -0.345 e. The molecule has 0 bridgehead atoms. The Kier molecular flexibility index (Phi) is 2.02. The van der Waals surface area contributed by atoms with Gasteiger partial charge in [-0.2, -0.15) is 18.3 Å². The lowest BCUT2D eigenvalue weighted by Crippen LogP contribution is -2.08. The average Bonchev–Trinajstić information content (AvgIpc) is 2.68. The number of nitrogens with one attached hydrogen (secondary N) is 1. The van der Waals surface area contributed by atoms with E-state index in [2.05, 4.69) is 15.1 Å². The van der Waals surface area contributed by atoms with Gasteiger partial charge in [0, 0.05) is 13.2 Å². The SMILES string of the molecule is Cn1cc(-c2cnc[nH]2)c(C(F)(F)F)n1. The molecule has 1 N–H and O–H groups in total. The molecule has 2 rings (SSSR count). The van der Waals surface area contributed by atoms with E-state index < -0.39 is 11.9 Å². The summed E-state index contributed by atoms with van der Waals surface area (Å²) in [7, 11) is 1.44. The van der Waals surface area contributed by atoms with Crippen LogP contribution in [0.2, 0.25) is 0 Å². The molecule has 0 amide bonds. The summed E-state index contributed by atoms with van der Waals surface area (Å²) < 4.78 is 38.8. The van der Waals surface area contributed by atoms with Crippen LogP contribution in [0.15, 0.2) is 18.7 Å². The number of H-pyrrole nitrogens is 1. The standard InChI is InChI=1S/C8H7F3N4/c1-15-3-5(6-2-12-4-13-6)7(14-15)8(9,10)11/h2-4H,1H3,(H,12,13). The number of aromatic nitrogens is 4. The van der Waals surface area contributed by atoms with Gasteiger partial charge in [-0.05, 0) is 0 Å². The van der Waals surface area contributed by atoms with E-state index in [1.165, 1.54) is 25.8 Å². The Morgan fingerprint density at radius 1 is 1.40 bits per heavy atom. The van der Waals surface area contributed by atoms with Gasteiger partial charge in [-0.3, -0.25) is 4.68 Å². The van der Waals surface area contributed by atoms with Gasteiger partial charge in [0.05, 0.1) is 23.8 Å². The monoisotopic (exact) mass is 216 g/mol. The molecule has 0 aliphatic rings. The van der Waals surface area contributed by atoms with Crippen molar-refractivity contribution in [1.29, 1.82) is 0 Å². The van der Waals surface area contributed by atoms with E-state index in [-0.39, 0.29) is 5.56 Å². The fourth-order valence-corrected chi connectivity index (χ4v) is 1.30. The van der Waals surface area contributed by atoms with Crippen molar-refractivity contribution in [2.75, 3.05) is 0 Å². The maximum Gasteiger partial charge on any atom is 0.435 e.